The van der Waals surface area contributed by atoms with Gasteiger partial charge in [-0.05, 0) is 25.0 Å². The van der Waals surface area contributed by atoms with E-state index in [0.717, 1.165) is 0 Å². The van der Waals surface area contributed by atoms with E-state index in [1.54, 1.807) is 0 Å². The van der Waals surface area contributed by atoms with Gasteiger partial charge in [0.05, 0.1) is 0 Å². The maximum absolute atomic E-state index is 8.88. The van der Waals surface area contributed by atoms with Gasteiger partial charge in [0, 0.05) is 0 Å². The standard InChI is InChI=1S/C8H10.H3O4P/c1-7-5-3-4-6-8(7)2;1-5(2,3)4/h3-6H,1-2H3;(H3,1,2,3,4). The molecule has 0 aliphatic heterocycles. The van der Waals surface area contributed by atoms with Crippen LogP contribution in [0.25, 0.3) is 0 Å². The van der Waals surface area contributed by atoms with Crippen molar-refractivity contribution in [1.82, 2.24) is 0 Å². The molecule has 0 saturated heterocycles. The molecule has 13 heavy (non-hydrogen) atoms. The van der Waals surface area contributed by atoms with E-state index in [1.165, 1.54) is 11.1 Å². The Morgan fingerprint density at radius 3 is 1.38 bits per heavy atom. The molecule has 3 N–H and O–H groups in total. The largest absolute Gasteiger partial charge is 0.466 e. The lowest BCUT2D eigenvalue weighted by atomic mass is 10.1. The first-order chi connectivity index (χ1) is 5.80. The van der Waals surface area contributed by atoms with Gasteiger partial charge in [0.1, 0.15) is 0 Å². The molecule has 0 radical (unpaired) electrons. The molecule has 5 heteroatoms. The highest BCUT2D eigenvalue weighted by Crippen LogP contribution is 2.25. The second kappa shape index (κ2) is 5.14. The fraction of sp³-hybridized carbons (Fsp3) is 0.250. The van der Waals surface area contributed by atoms with Crippen molar-refractivity contribution in [3.8, 4) is 0 Å². The second-order valence-corrected chi connectivity index (χ2v) is 3.62. The normalized spacial score (nSPS) is 10.2. The zero-order chi connectivity index (χ0) is 10.5. The minimum absolute atomic E-state index is 1.37. The summed E-state index contributed by atoms with van der Waals surface area (Å²) in [6, 6.07) is 8.36. The summed E-state index contributed by atoms with van der Waals surface area (Å²) in [5.74, 6) is 0. The third-order valence-corrected chi connectivity index (χ3v) is 1.43. The molecule has 4 nitrogen and oxygen atoms in total. The van der Waals surface area contributed by atoms with E-state index in [0.29, 0.717) is 0 Å². The minimum atomic E-state index is -4.64. The van der Waals surface area contributed by atoms with Crippen LogP contribution in [-0.4, -0.2) is 14.7 Å². The van der Waals surface area contributed by atoms with Crippen molar-refractivity contribution < 1.29 is 19.2 Å². The van der Waals surface area contributed by atoms with Crippen molar-refractivity contribution in [1.29, 1.82) is 0 Å². The van der Waals surface area contributed by atoms with Crippen molar-refractivity contribution in [3.63, 3.8) is 0 Å². The number of phosphoric acid groups is 1. The maximum atomic E-state index is 8.88. The Bertz CT molecular complexity index is 276. The Hall–Kier alpha value is -0.670. The average Bonchev–Trinajstić information content (AvgIpc) is 1.92. The summed E-state index contributed by atoms with van der Waals surface area (Å²) in [6.45, 7) is 4.24. The topological polar surface area (TPSA) is 77.8 Å². The van der Waals surface area contributed by atoms with E-state index in [1.807, 2.05) is 0 Å². The van der Waals surface area contributed by atoms with Gasteiger partial charge in [-0.25, -0.2) is 4.57 Å². The SMILES string of the molecule is Cc1ccccc1C.O=P(O)(O)O. The molecule has 0 spiro atoms. The monoisotopic (exact) mass is 204 g/mol. The number of rotatable bonds is 0. The molecule has 0 aliphatic rings. The van der Waals surface area contributed by atoms with E-state index < -0.39 is 7.82 Å². The number of hydrogen-bond donors (Lipinski definition) is 3. The lowest BCUT2D eigenvalue weighted by Crippen LogP contribution is -1.74. The predicted octanol–water partition coefficient (Wildman–Crippen LogP) is 1.37. The number of hydrogen-bond acceptors (Lipinski definition) is 1. The van der Waals surface area contributed by atoms with Crippen LogP contribution in [0.4, 0.5) is 0 Å². The summed E-state index contributed by atoms with van der Waals surface area (Å²) < 4.78 is 8.88. The molecule has 1 rings (SSSR count). The van der Waals surface area contributed by atoms with E-state index in [4.69, 9.17) is 19.2 Å². The first-order valence-corrected chi connectivity index (χ1v) is 5.18. The van der Waals surface area contributed by atoms with Crippen molar-refractivity contribution in [2.75, 3.05) is 0 Å². The summed E-state index contributed by atoms with van der Waals surface area (Å²) in [7, 11) is -4.64. The molecule has 1 aromatic carbocycles. The highest BCUT2D eigenvalue weighted by Gasteiger charge is 2.00. The highest BCUT2D eigenvalue weighted by atomic mass is 31.2. The van der Waals surface area contributed by atoms with Gasteiger partial charge in [-0.2, -0.15) is 0 Å². The molecule has 0 heterocycles. The molecule has 1 aromatic rings. The molecule has 74 valence electrons. The van der Waals surface area contributed by atoms with Crippen LogP contribution in [0.5, 0.6) is 0 Å². The Morgan fingerprint density at radius 2 is 1.23 bits per heavy atom. The highest BCUT2D eigenvalue weighted by molar-refractivity contribution is 7.45. The van der Waals surface area contributed by atoms with Crippen LogP contribution in [0.3, 0.4) is 0 Å². The van der Waals surface area contributed by atoms with Crippen LogP contribution in [0.2, 0.25) is 0 Å². The third kappa shape index (κ3) is 9.24. The Balaban J connectivity index is 0.000000252. The average molecular weight is 204 g/mol. The quantitative estimate of drug-likeness (QED) is 0.558. The second-order valence-electron chi connectivity index (χ2n) is 2.60. The van der Waals surface area contributed by atoms with E-state index >= 15 is 0 Å². The van der Waals surface area contributed by atoms with Crippen molar-refractivity contribution in [3.05, 3.63) is 35.4 Å². The van der Waals surface area contributed by atoms with Crippen molar-refractivity contribution in [2.45, 2.75) is 13.8 Å². The van der Waals surface area contributed by atoms with Gasteiger partial charge < -0.3 is 14.7 Å². The van der Waals surface area contributed by atoms with Crippen molar-refractivity contribution >= 4 is 7.82 Å². The molecule has 0 saturated carbocycles. The smallest absolute Gasteiger partial charge is 0.303 e. The molecule has 0 unspecified atom stereocenters. The van der Waals surface area contributed by atoms with Crippen LogP contribution in [0.15, 0.2) is 24.3 Å². The molecule has 0 amide bonds. The number of benzene rings is 1. The van der Waals surface area contributed by atoms with Crippen molar-refractivity contribution in [2.24, 2.45) is 0 Å². The van der Waals surface area contributed by atoms with Crippen LogP contribution < -0.4 is 0 Å². The zero-order valence-corrected chi connectivity index (χ0v) is 8.40. The molecule has 0 aromatic heterocycles. The van der Waals surface area contributed by atoms with Gasteiger partial charge in [-0.15, -0.1) is 0 Å². The van der Waals surface area contributed by atoms with E-state index in [2.05, 4.69) is 38.1 Å². The predicted molar refractivity (Wildman–Crippen MR) is 50.2 cm³/mol. The first kappa shape index (κ1) is 12.3. The summed E-state index contributed by atoms with van der Waals surface area (Å²) in [5, 5.41) is 0. The van der Waals surface area contributed by atoms with Gasteiger partial charge in [-0.1, -0.05) is 24.3 Å². The Morgan fingerprint density at radius 1 is 1.00 bits per heavy atom. The van der Waals surface area contributed by atoms with Gasteiger partial charge in [0.2, 0.25) is 0 Å². The van der Waals surface area contributed by atoms with Gasteiger partial charge in [0.25, 0.3) is 0 Å². The molecule has 0 bridgehead atoms. The summed E-state index contributed by atoms with van der Waals surface area (Å²) in [4.78, 5) is 21.6. The van der Waals surface area contributed by atoms with Gasteiger partial charge in [0.15, 0.2) is 0 Å². The lowest BCUT2D eigenvalue weighted by Gasteiger charge is -1.93. The zero-order valence-electron chi connectivity index (χ0n) is 7.51. The van der Waals surface area contributed by atoms with Crippen LogP contribution in [0.1, 0.15) is 11.1 Å². The Labute approximate surface area is 77.1 Å². The van der Waals surface area contributed by atoms with E-state index in [-0.39, 0.29) is 0 Å². The van der Waals surface area contributed by atoms with Gasteiger partial charge in [-0.3, -0.25) is 0 Å². The fourth-order valence-electron chi connectivity index (χ4n) is 0.663. The maximum Gasteiger partial charge on any atom is 0.466 e. The van der Waals surface area contributed by atoms with E-state index in [9.17, 15) is 0 Å². The Kier molecular flexibility index (Phi) is 4.88. The molecular formula is C8H13O4P. The van der Waals surface area contributed by atoms with Gasteiger partial charge >= 0.3 is 7.82 Å². The molecule has 0 aliphatic carbocycles. The first-order valence-electron chi connectivity index (χ1n) is 3.61. The summed E-state index contributed by atoms with van der Waals surface area (Å²) in [5.41, 5.74) is 2.74. The molecule has 0 fully saturated rings. The lowest BCUT2D eigenvalue weighted by molar-refractivity contribution is 0.275. The molecule has 0 atom stereocenters. The number of aryl methyl sites for hydroxylation is 2. The van der Waals surface area contributed by atoms with Crippen LogP contribution in [0, 0.1) is 13.8 Å². The third-order valence-electron chi connectivity index (χ3n) is 1.43. The van der Waals surface area contributed by atoms with Crippen LogP contribution >= 0.6 is 7.82 Å². The fourth-order valence-corrected chi connectivity index (χ4v) is 0.663. The molecular weight excluding hydrogens is 191 g/mol. The summed E-state index contributed by atoms with van der Waals surface area (Å²) >= 11 is 0. The van der Waals surface area contributed by atoms with Crippen LogP contribution in [-0.2, 0) is 4.57 Å². The minimum Gasteiger partial charge on any atom is -0.303 e. The summed E-state index contributed by atoms with van der Waals surface area (Å²) in [6.07, 6.45) is 0.